The van der Waals surface area contributed by atoms with E-state index in [1.54, 1.807) is 23.9 Å². The van der Waals surface area contributed by atoms with Crippen LogP contribution in [0.15, 0.2) is 79.5 Å². The maximum atomic E-state index is 12.1. The summed E-state index contributed by atoms with van der Waals surface area (Å²) in [7, 11) is 0. The van der Waals surface area contributed by atoms with E-state index in [0.717, 1.165) is 47.2 Å². The fourth-order valence-electron chi connectivity index (χ4n) is 3.55. The van der Waals surface area contributed by atoms with E-state index in [2.05, 4.69) is 33.1 Å². The Morgan fingerprint density at radius 1 is 0.893 bits per heavy atom. The Balaban J connectivity index is 1.67. The van der Waals surface area contributed by atoms with E-state index in [0.29, 0.717) is 0 Å². The third-order valence-corrected chi connectivity index (χ3v) is 4.79. The molecule has 0 fully saturated rings. The lowest BCUT2D eigenvalue weighted by atomic mass is 10.1. The van der Waals surface area contributed by atoms with Gasteiger partial charge in [-0.05, 0) is 34.9 Å². The van der Waals surface area contributed by atoms with Crippen LogP contribution in [0.3, 0.4) is 0 Å². The van der Waals surface area contributed by atoms with Crippen LogP contribution in [0.2, 0.25) is 0 Å². The van der Waals surface area contributed by atoms with Gasteiger partial charge in [0.2, 0.25) is 5.91 Å². The molecule has 1 aromatic carbocycles. The van der Waals surface area contributed by atoms with E-state index in [9.17, 15) is 4.79 Å². The van der Waals surface area contributed by atoms with Crippen molar-refractivity contribution in [3.05, 3.63) is 96.2 Å². The zero-order valence-corrected chi connectivity index (χ0v) is 15.8. The highest BCUT2D eigenvalue weighted by Gasteiger charge is 2.15. The van der Waals surface area contributed by atoms with Crippen LogP contribution in [0.1, 0.15) is 28.4 Å². The van der Waals surface area contributed by atoms with Crippen LogP contribution >= 0.6 is 0 Å². The summed E-state index contributed by atoms with van der Waals surface area (Å²) in [4.78, 5) is 22.9. The zero-order valence-electron chi connectivity index (χ0n) is 15.8. The molecule has 0 saturated carbocycles. The van der Waals surface area contributed by atoms with Gasteiger partial charge in [-0.15, -0.1) is 0 Å². The Hall–Kier alpha value is -3.31. The molecular weight excluding hydrogens is 348 g/mol. The number of carbonyl (C=O) groups is 1. The summed E-state index contributed by atoms with van der Waals surface area (Å²) in [5, 5.41) is 1.11. The smallest absolute Gasteiger partial charge is 0.227 e. The predicted octanol–water partition coefficient (Wildman–Crippen LogP) is 4.29. The maximum Gasteiger partial charge on any atom is 0.227 e. The Kier molecular flexibility index (Phi) is 5.26. The fourth-order valence-corrected chi connectivity index (χ4v) is 3.55. The molecule has 0 unspecified atom stereocenters. The number of aromatic nitrogens is 3. The van der Waals surface area contributed by atoms with Crippen molar-refractivity contribution in [3.8, 4) is 0 Å². The number of pyridine rings is 2. The molecule has 0 aliphatic rings. The van der Waals surface area contributed by atoms with Gasteiger partial charge in [0.25, 0.3) is 0 Å². The number of benzene rings is 1. The van der Waals surface area contributed by atoms with Crippen LogP contribution < -0.4 is 0 Å². The standard InChI is InChI=1S/C23H22N4O/c1-18(28)27-17-21(22-8-2-3-9-23(22)27)16-26(14-19-6-4-10-24-12-19)15-20-7-5-11-25-13-20/h2-13,17H,14-16H2,1H3. The van der Waals surface area contributed by atoms with E-state index >= 15 is 0 Å². The predicted molar refractivity (Wildman–Crippen MR) is 110 cm³/mol. The summed E-state index contributed by atoms with van der Waals surface area (Å²) in [6, 6.07) is 16.1. The quantitative estimate of drug-likeness (QED) is 0.508. The zero-order chi connectivity index (χ0) is 19.3. The molecule has 0 N–H and O–H groups in total. The van der Waals surface area contributed by atoms with Gasteiger partial charge < -0.3 is 0 Å². The normalized spacial score (nSPS) is 11.2. The van der Waals surface area contributed by atoms with Gasteiger partial charge in [0.05, 0.1) is 5.52 Å². The van der Waals surface area contributed by atoms with Gasteiger partial charge in [0, 0.05) is 62.9 Å². The highest BCUT2D eigenvalue weighted by molar-refractivity contribution is 5.93. The van der Waals surface area contributed by atoms with Gasteiger partial charge in [-0.2, -0.15) is 0 Å². The van der Waals surface area contributed by atoms with Gasteiger partial charge in [0.15, 0.2) is 0 Å². The molecule has 4 rings (SSSR count). The van der Waals surface area contributed by atoms with Crippen molar-refractivity contribution >= 4 is 16.8 Å². The Morgan fingerprint density at radius 2 is 1.54 bits per heavy atom. The first-order valence-corrected chi connectivity index (χ1v) is 9.31. The molecular formula is C23H22N4O. The first kappa shape index (κ1) is 18.1. The maximum absolute atomic E-state index is 12.1. The molecule has 0 amide bonds. The van der Waals surface area contributed by atoms with E-state index < -0.39 is 0 Å². The molecule has 0 bridgehead atoms. The Bertz CT molecular complexity index is 1030. The first-order valence-electron chi connectivity index (χ1n) is 9.31. The second-order valence-corrected chi connectivity index (χ2v) is 6.93. The first-order chi connectivity index (χ1) is 13.7. The lowest BCUT2D eigenvalue weighted by Crippen LogP contribution is -2.22. The van der Waals surface area contributed by atoms with E-state index in [-0.39, 0.29) is 5.91 Å². The number of hydrogen-bond acceptors (Lipinski definition) is 4. The second kappa shape index (κ2) is 8.15. The van der Waals surface area contributed by atoms with Crippen molar-refractivity contribution in [2.24, 2.45) is 0 Å². The molecule has 3 heterocycles. The van der Waals surface area contributed by atoms with Crippen molar-refractivity contribution in [2.75, 3.05) is 0 Å². The van der Waals surface area contributed by atoms with E-state index in [1.165, 1.54) is 0 Å². The lowest BCUT2D eigenvalue weighted by Gasteiger charge is -2.22. The number of para-hydroxylation sites is 1. The number of rotatable bonds is 6. The topological polar surface area (TPSA) is 51.0 Å². The van der Waals surface area contributed by atoms with E-state index in [4.69, 9.17) is 0 Å². The van der Waals surface area contributed by atoms with Crippen LogP contribution in [-0.2, 0) is 19.6 Å². The van der Waals surface area contributed by atoms with Crippen molar-refractivity contribution in [1.29, 1.82) is 0 Å². The van der Waals surface area contributed by atoms with Crippen LogP contribution in [0.4, 0.5) is 0 Å². The van der Waals surface area contributed by atoms with Gasteiger partial charge in [-0.25, -0.2) is 0 Å². The van der Waals surface area contributed by atoms with Crippen LogP contribution in [0.25, 0.3) is 10.9 Å². The minimum atomic E-state index is 0.0218. The van der Waals surface area contributed by atoms with Crippen molar-refractivity contribution < 1.29 is 4.79 Å². The molecule has 28 heavy (non-hydrogen) atoms. The molecule has 5 heteroatoms. The van der Waals surface area contributed by atoms with Crippen LogP contribution in [-0.4, -0.2) is 25.3 Å². The number of hydrogen-bond donors (Lipinski definition) is 0. The molecule has 0 aliphatic carbocycles. The summed E-state index contributed by atoms with van der Waals surface area (Å²) in [5.41, 5.74) is 4.40. The molecule has 0 spiro atoms. The lowest BCUT2D eigenvalue weighted by molar-refractivity contribution is 0.0941. The number of fused-ring (bicyclic) bond motifs is 1. The molecule has 0 aliphatic heterocycles. The van der Waals surface area contributed by atoms with Crippen molar-refractivity contribution in [3.63, 3.8) is 0 Å². The molecule has 140 valence electrons. The minimum Gasteiger partial charge on any atom is -0.290 e. The van der Waals surface area contributed by atoms with Gasteiger partial charge in [-0.3, -0.25) is 24.2 Å². The Labute approximate surface area is 164 Å². The van der Waals surface area contributed by atoms with Crippen molar-refractivity contribution in [1.82, 2.24) is 19.4 Å². The monoisotopic (exact) mass is 370 g/mol. The highest BCUT2D eigenvalue weighted by Crippen LogP contribution is 2.24. The molecule has 4 aromatic rings. The average molecular weight is 370 g/mol. The number of nitrogens with zero attached hydrogens (tertiary/aromatic N) is 4. The van der Waals surface area contributed by atoms with Crippen LogP contribution in [0, 0.1) is 0 Å². The fraction of sp³-hybridized carbons (Fsp3) is 0.174. The Morgan fingerprint density at radius 3 is 2.11 bits per heavy atom. The van der Waals surface area contributed by atoms with Gasteiger partial charge >= 0.3 is 0 Å². The summed E-state index contributed by atoms with van der Waals surface area (Å²) >= 11 is 0. The molecule has 0 saturated heterocycles. The molecule has 3 aromatic heterocycles. The third-order valence-electron chi connectivity index (χ3n) is 4.79. The number of carbonyl (C=O) groups excluding carboxylic acids is 1. The second-order valence-electron chi connectivity index (χ2n) is 6.93. The summed E-state index contributed by atoms with van der Waals surface area (Å²) < 4.78 is 1.73. The third kappa shape index (κ3) is 4.00. The van der Waals surface area contributed by atoms with Gasteiger partial charge in [-0.1, -0.05) is 30.3 Å². The highest BCUT2D eigenvalue weighted by atomic mass is 16.1. The minimum absolute atomic E-state index is 0.0218. The van der Waals surface area contributed by atoms with E-state index in [1.807, 2.05) is 48.9 Å². The summed E-state index contributed by atoms with van der Waals surface area (Å²) in [6.45, 7) is 3.86. The van der Waals surface area contributed by atoms with Gasteiger partial charge in [0.1, 0.15) is 0 Å². The van der Waals surface area contributed by atoms with Crippen LogP contribution in [0.5, 0.6) is 0 Å². The summed E-state index contributed by atoms with van der Waals surface area (Å²) in [5.74, 6) is 0.0218. The van der Waals surface area contributed by atoms with Crippen molar-refractivity contribution in [2.45, 2.75) is 26.6 Å². The SMILES string of the molecule is CC(=O)n1cc(CN(Cc2cccnc2)Cc2cccnc2)c2ccccc21. The average Bonchev–Trinajstić information content (AvgIpc) is 3.08. The largest absolute Gasteiger partial charge is 0.290 e. The summed E-state index contributed by atoms with van der Waals surface area (Å²) in [6.07, 6.45) is 9.33. The molecule has 0 radical (unpaired) electrons. The molecule has 5 nitrogen and oxygen atoms in total. The molecule has 0 atom stereocenters.